The van der Waals surface area contributed by atoms with E-state index in [0.717, 1.165) is 18.9 Å². The highest BCUT2D eigenvalue weighted by atomic mass is 19.4. The second-order valence-electron chi connectivity index (χ2n) is 5.29. The third-order valence-corrected chi connectivity index (χ3v) is 3.85. The molecular weight excluding hydrogens is 259 g/mol. The van der Waals surface area contributed by atoms with Crippen molar-refractivity contribution in [2.24, 2.45) is 0 Å². The molecule has 0 amide bonds. The van der Waals surface area contributed by atoms with Gasteiger partial charge >= 0.3 is 12.1 Å². The monoisotopic (exact) mass is 271 g/mol. The number of pyridine rings is 1. The van der Waals surface area contributed by atoms with Gasteiger partial charge in [-0.2, -0.15) is 13.2 Å². The minimum Gasteiger partial charge on any atom is -0.481 e. The summed E-state index contributed by atoms with van der Waals surface area (Å²) in [6.07, 6.45) is -1.94. The SMILES string of the molecule is O=C(O)C1(c2ccc(C(F)(F)F)nc2C2CC2)CC1. The van der Waals surface area contributed by atoms with E-state index in [9.17, 15) is 23.1 Å². The molecule has 3 nitrogen and oxygen atoms in total. The van der Waals surface area contributed by atoms with Gasteiger partial charge in [-0.25, -0.2) is 4.98 Å². The predicted molar refractivity (Wildman–Crippen MR) is 59.8 cm³/mol. The Labute approximate surface area is 107 Å². The van der Waals surface area contributed by atoms with Crippen LogP contribution in [0.25, 0.3) is 0 Å². The Bertz CT molecular complexity index is 545. The lowest BCUT2D eigenvalue weighted by atomic mass is 9.92. The van der Waals surface area contributed by atoms with Crippen LogP contribution in [0.1, 0.15) is 48.6 Å². The lowest BCUT2D eigenvalue weighted by molar-refractivity contribution is -0.141. The molecule has 1 N–H and O–H groups in total. The van der Waals surface area contributed by atoms with E-state index in [1.807, 2.05) is 0 Å². The second-order valence-corrected chi connectivity index (χ2v) is 5.29. The minimum atomic E-state index is -4.48. The normalized spacial score (nSPS) is 21.2. The van der Waals surface area contributed by atoms with E-state index in [1.54, 1.807) is 0 Å². The van der Waals surface area contributed by atoms with Crippen LogP contribution >= 0.6 is 0 Å². The molecule has 1 aromatic heterocycles. The third-order valence-electron chi connectivity index (χ3n) is 3.85. The van der Waals surface area contributed by atoms with Gasteiger partial charge in [-0.1, -0.05) is 6.07 Å². The largest absolute Gasteiger partial charge is 0.481 e. The molecule has 6 heteroatoms. The molecule has 2 aliphatic rings. The first-order valence-corrected chi connectivity index (χ1v) is 6.16. The topological polar surface area (TPSA) is 50.2 Å². The fraction of sp³-hybridized carbons (Fsp3) is 0.538. The number of alkyl halides is 3. The maximum Gasteiger partial charge on any atom is 0.433 e. The molecule has 3 rings (SSSR count). The van der Waals surface area contributed by atoms with Crippen molar-refractivity contribution in [2.75, 3.05) is 0 Å². The zero-order valence-corrected chi connectivity index (χ0v) is 10.00. The van der Waals surface area contributed by atoms with Crippen molar-refractivity contribution in [1.29, 1.82) is 0 Å². The van der Waals surface area contributed by atoms with E-state index in [1.165, 1.54) is 6.07 Å². The van der Waals surface area contributed by atoms with Crippen LogP contribution in [-0.2, 0) is 16.4 Å². The number of carbonyl (C=O) groups is 1. The summed E-state index contributed by atoms with van der Waals surface area (Å²) in [6.45, 7) is 0. The number of hydrogen-bond donors (Lipinski definition) is 1. The first kappa shape index (κ1) is 12.4. The Morgan fingerprint density at radius 3 is 2.37 bits per heavy atom. The van der Waals surface area contributed by atoms with Crippen LogP contribution in [-0.4, -0.2) is 16.1 Å². The molecule has 2 fully saturated rings. The fourth-order valence-electron chi connectivity index (χ4n) is 2.43. The maximum atomic E-state index is 12.7. The number of nitrogens with zero attached hydrogens (tertiary/aromatic N) is 1. The van der Waals surface area contributed by atoms with Crippen molar-refractivity contribution >= 4 is 5.97 Å². The Balaban J connectivity index is 2.08. The van der Waals surface area contributed by atoms with Crippen LogP contribution in [0, 0.1) is 0 Å². The van der Waals surface area contributed by atoms with Crippen molar-refractivity contribution in [3.05, 3.63) is 29.1 Å². The highest BCUT2D eigenvalue weighted by Crippen LogP contribution is 2.53. The second kappa shape index (κ2) is 3.71. The van der Waals surface area contributed by atoms with E-state index in [2.05, 4.69) is 4.98 Å². The van der Waals surface area contributed by atoms with Gasteiger partial charge in [-0.15, -0.1) is 0 Å². The Kier molecular flexibility index (Phi) is 2.43. The highest BCUT2D eigenvalue weighted by molar-refractivity contribution is 5.85. The quantitative estimate of drug-likeness (QED) is 0.919. The van der Waals surface area contributed by atoms with Crippen molar-refractivity contribution < 1.29 is 23.1 Å². The van der Waals surface area contributed by atoms with Gasteiger partial charge in [0.15, 0.2) is 0 Å². The zero-order chi connectivity index (χ0) is 13.8. The molecule has 1 aromatic rings. The third kappa shape index (κ3) is 1.99. The number of carboxylic acids is 1. The molecular formula is C13H12F3NO2. The molecule has 0 bridgehead atoms. The first-order chi connectivity index (χ1) is 8.84. The van der Waals surface area contributed by atoms with Gasteiger partial charge in [0, 0.05) is 11.6 Å². The Hall–Kier alpha value is -1.59. The lowest BCUT2D eigenvalue weighted by Gasteiger charge is -2.16. The number of aromatic nitrogens is 1. The first-order valence-electron chi connectivity index (χ1n) is 6.16. The molecule has 1 heterocycles. The molecule has 2 aliphatic carbocycles. The van der Waals surface area contributed by atoms with Crippen LogP contribution in [0.3, 0.4) is 0 Å². The maximum absolute atomic E-state index is 12.7. The summed E-state index contributed by atoms with van der Waals surface area (Å²) >= 11 is 0. The predicted octanol–water partition coefficient (Wildman–Crippen LogP) is 3.09. The Morgan fingerprint density at radius 1 is 1.32 bits per heavy atom. The summed E-state index contributed by atoms with van der Waals surface area (Å²) in [5.41, 5.74) is -1.10. The average Bonchev–Trinajstić information content (AvgIpc) is 3.19. The molecule has 0 aromatic carbocycles. The summed E-state index contributed by atoms with van der Waals surface area (Å²) in [4.78, 5) is 15.0. The number of carboxylic acid groups (broad SMARTS) is 1. The number of rotatable bonds is 3. The molecule has 2 saturated carbocycles. The van der Waals surface area contributed by atoms with Crippen molar-refractivity contribution in [3.63, 3.8) is 0 Å². The molecule has 0 spiro atoms. The number of hydrogen-bond acceptors (Lipinski definition) is 2. The van der Waals surface area contributed by atoms with E-state index >= 15 is 0 Å². The van der Waals surface area contributed by atoms with Crippen LogP contribution in [0.15, 0.2) is 12.1 Å². The molecule has 0 saturated heterocycles. The summed E-state index contributed by atoms with van der Waals surface area (Å²) < 4.78 is 38.0. The fourth-order valence-corrected chi connectivity index (χ4v) is 2.43. The molecule has 0 aliphatic heterocycles. The van der Waals surface area contributed by atoms with E-state index in [0.29, 0.717) is 24.1 Å². The minimum absolute atomic E-state index is 0.00544. The summed E-state index contributed by atoms with van der Waals surface area (Å²) in [6, 6.07) is 2.20. The average molecular weight is 271 g/mol. The van der Waals surface area contributed by atoms with Gasteiger partial charge in [0.25, 0.3) is 0 Å². The van der Waals surface area contributed by atoms with Crippen LogP contribution in [0.2, 0.25) is 0 Å². The molecule has 0 radical (unpaired) electrons. The van der Waals surface area contributed by atoms with Crippen LogP contribution in [0.5, 0.6) is 0 Å². The Morgan fingerprint density at radius 2 is 1.95 bits per heavy atom. The lowest BCUT2D eigenvalue weighted by Crippen LogP contribution is -2.23. The van der Waals surface area contributed by atoms with Crippen molar-refractivity contribution in [2.45, 2.75) is 43.2 Å². The summed E-state index contributed by atoms with van der Waals surface area (Å²) in [7, 11) is 0. The molecule has 0 unspecified atom stereocenters. The van der Waals surface area contributed by atoms with Crippen molar-refractivity contribution in [1.82, 2.24) is 4.98 Å². The van der Waals surface area contributed by atoms with Crippen LogP contribution in [0.4, 0.5) is 13.2 Å². The van der Waals surface area contributed by atoms with E-state index in [-0.39, 0.29) is 5.92 Å². The molecule has 0 atom stereocenters. The summed E-state index contributed by atoms with van der Waals surface area (Å²) in [5, 5.41) is 9.26. The van der Waals surface area contributed by atoms with Gasteiger partial charge in [0.2, 0.25) is 0 Å². The smallest absolute Gasteiger partial charge is 0.433 e. The number of aliphatic carboxylic acids is 1. The molecule has 102 valence electrons. The standard InChI is InChI=1S/C13H12F3NO2/c14-13(15,16)9-4-3-8(10(17-9)7-1-2-7)12(5-6-12)11(18)19/h3-4,7H,1-2,5-6H2,(H,18,19). The number of halogens is 3. The molecule has 19 heavy (non-hydrogen) atoms. The van der Waals surface area contributed by atoms with E-state index in [4.69, 9.17) is 0 Å². The van der Waals surface area contributed by atoms with Gasteiger partial charge in [-0.05, 0) is 37.3 Å². The van der Waals surface area contributed by atoms with Gasteiger partial charge < -0.3 is 5.11 Å². The zero-order valence-electron chi connectivity index (χ0n) is 10.00. The summed E-state index contributed by atoms with van der Waals surface area (Å²) in [5.74, 6) is -0.968. The highest BCUT2D eigenvalue weighted by Gasteiger charge is 2.54. The van der Waals surface area contributed by atoms with Gasteiger partial charge in [0.05, 0.1) is 5.41 Å². The van der Waals surface area contributed by atoms with Gasteiger partial charge in [-0.3, -0.25) is 4.79 Å². The van der Waals surface area contributed by atoms with Crippen molar-refractivity contribution in [3.8, 4) is 0 Å². The van der Waals surface area contributed by atoms with E-state index < -0.39 is 23.3 Å². The van der Waals surface area contributed by atoms with Gasteiger partial charge in [0.1, 0.15) is 5.69 Å². The van der Waals surface area contributed by atoms with Crippen LogP contribution < -0.4 is 0 Å².